The molecule has 0 spiro atoms. The van der Waals surface area contributed by atoms with Crippen LogP contribution < -0.4 is 19.3 Å². The lowest BCUT2D eigenvalue weighted by molar-refractivity contribution is 0.412. The van der Waals surface area contributed by atoms with E-state index in [1.165, 1.54) is 28.2 Å². The first kappa shape index (κ1) is 24.7. The highest BCUT2D eigenvalue weighted by Crippen LogP contribution is 2.48. The third-order valence-corrected chi connectivity index (χ3v) is 7.67. The van der Waals surface area contributed by atoms with Crippen LogP contribution in [0.15, 0.2) is 84.6 Å². The molecule has 0 amide bonds. The zero-order valence-corrected chi connectivity index (χ0v) is 22.3. The largest absolute Gasteiger partial charge is 0.497 e. The van der Waals surface area contributed by atoms with Gasteiger partial charge in [-0.3, -0.25) is 0 Å². The zero-order valence-electron chi connectivity index (χ0n) is 22.3. The lowest BCUT2D eigenvalue weighted by atomic mass is 9.80. The molecular weight excluding hydrogens is 432 g/mol. The van der Waals surface area contributed by atoms with Crippen molar-refractivity contribution in [1.82, 2.24) is 0 Å². The second-order valence-electron chi connectivity index (χ2n) is 10.4. The number of methoxy groups -OCH3 is 2. The summed E-state index contributed by atoms with van der Waals surface area (Å²) in [7, 11) is 7.74. The van der Waals surface area contributed by atoms with E-state index in [1.54, 1.807) is 14.2 Å². The Morgan fingerprint density at radius 3 is 1.97 bits per heavy atom. The molecule has 2 heterocycles. The summed E-state index contributed by atoms with van der Waals surface area (Å²) in [5.41, 5.74) is 6.30. The van der Waals surface area contributed by atoms with Gasteiger partial charge < -0.3 is 19.3 Å². The monoisotopic (exact) mass is 470 g/mol. The molecule has 0 fully saturated rings. The van der Waals surface area contributed by atoms with Gasteiger partial charge in [-0.15, -0.1) is 0 Å². The fourth-order valence-electron chi connectivity index (χ4n) is 5.58. The molecule has 184 valence electrons. The van der Waals surface area contributed by atoms with Crippen LogP contribution in [-0.4, -0.2) is 34.4 Å². The Morgan fingerprint density at radius 1 is 0.743 bits per heavy atom. The minimum atomic E-state index is -0.0804. The normalized spacial score (nSPS) is 21.5. The highest BCUT2D eigenvalue weighted by Gasteiger charge is 2.41. The molecule has 1 atom stereocenters. The van der Waals surface area contributed by atoms with Gasteiger partial charge in [-0.05, 0) is 53.6 Å². The quantitative estimate of drug-likeness (QED) is 0.435. The predicted molar refractivity (Wildman–Crippen MR) is 148 cm³/mol. The number of rotatable bonds is 6. The minimum absolute atomic E-state index is 0.000449. The summed E-state index contributed by atoms with van der Waals surface area (Å²) in [4.78, 5) is 4.62. The molecule has 0 aliphatic carbocycles. The summed E-state index contributed by atoms with van der Waals surface area (Å²) in [6.07, 6.45) is 15.0. The van der Waals surface area contributed by atoms with Gasteiger partial charge >= 0.3 is 0 Å². The van der Waals surface area contributed by atoms with E-state index in [0.29, 0.717) is 0 Å². The summed E-state index contributed by atoms with van der Waals surface area (Å²) in [6, 6.07) is 13.0. The number of benzene rings is 2. The Labute approximate surface area is 210 Å². The van der Waals surface area contributed by atoms with Crippen LogP contribution in [0.25, 0.3) is 0 Å². The van der Waals surface area contributed by atoms with Gasteiger partial charge in [0, 0.05) is 42.0 Å². The molecule has 2 aromatic carbocycles. The van der Waals surface area contributed by atoms with E-state index < -0.39 is 0 Å². The molecule has 2 aromatic rings. The van der Waals surface area contributed by atoms with Crippen LogP contribution in [0.5, 0.6) is 11.5 Å². The molecule has 4 nitrogen and oxygen atoms in total. The summed E-state index contributed by atoms with van der Waals surface area (Å²) < 4.78 is 10.9. The second-order valence-corrected chi connectivity index (χ2v) is 10.4. The number of nitrogens with zero attached hydrogens (tertiary/aromatic N) is 2. The van der Waals surface area contributed by atoms with Gasteiger partial charge in [0.25, 0.3) is 0 Å². The summed E-state index contributed by atoms with van der Waals surface area (Å²) in [6.45, 7) is 9.13. The van der Waals surface area contributed by atoms with Crippen molar-refractivity contribution >= 4 is 11.4 Å². The van der Waals surface area contributed by atoms with Gasteiger partial charge in [0.15, 0.2) is 0 Å². The molecule has 35 heavy (non-hydrogen) atoms. The Kier molecular flexibility index (Phi) is 6.59. The molecule has 2 aliphatic heterocycles. The number of fused-ring (bicyclic) bond motifs is 2. The first-order chi connectivity index (χ1) is 16.6. The van der Waals surface area contributed by atoms with Crippen LogP contribution in [0.2, 0.25) is 0 Å². The van der Waals surface area contributed by atoms with E-state index in [1.807, 2.05) is 12.1 Å². The number of allylic oxidation sites excluding steroid dienone is 7. The van der Waals surface area contributed by atoms with Crippen molar-refractivity contribution in [2.75, 3.05) is 38.1 Å². The number of likely N-dealkylation sites (N-methyl/N-ethyl adjacent to an activating group) is 2. The Bertz CT molecular complexity index is 1220. The van der Waals surface area contributed by atoms with Crippen LogP contribution in [0.1, 0.15) is 38.8 Å². The molecule has 0 saturated carbocycles. The SMILES string of the molecule is COc1ccc2c(c1)C(C)(C)\C(=C/C=C/C=C/C=C/C1N(C)c3ccc(OC)cc3C1(C)C)N2C. The van der Waals surface area contributed by atoms with Crippen molar-refractivity contribution in [3.8, 4) is 11.5 Å². The van der Waals surface area contributed by atoms with Gasteiger partial charge in [-0.2, -0.15) is 0 Å². The van der Waals surface area contributed by atoms with E-state index in [4.69, 9.17) is 9.47 Å². The van der Waals surface area contributed by atoms with E-state index in [0.717, 1.165) is 11.5 Å². The first-order valence-corrected chi connectivity index (χ1v) is 12.2. The molecule has 0 N–H and O–H groups in total. The van der Waals surface area contributed by atoms with E-state index in [9.17, 15) is 0 Å². The number of hydrogen-bond acceptors (Lipinski definition) is 4. The third kappa shape index (κ3) is 4.27. The van der Waals surface area contributed by atoms with Crippen molar-refractivity contribution in [2.24, 2.45) is 0 Å². The molecule has 4 rings (SSSR count). The average molecular weight is 471 g/mol. The molecule has 2 aliphatic rings. The molecule has 0 bridgehead atoms. The van der Waals surface area contributed by atoms with Gasteiger partial charge in [-0.1, -0.05) is 64.2 Å². The lowest BCUT2D eigenvalue weighted by Crippen LogP contribution is -2.37. The molecule has 0 saturated heterocycles. The fourth-order valence-corrected chi connectivity index (χ4v) is 5.58. The molecular formula is C31H38N2O2. The van der Waals surface area contributed by atoms with E-state index in [-0.39, 0.29) is 16.9 Å². The maximum Gasteiger partial charge on any atom is 0.119 e. The van der Waals surface area contributed by atoms with Crippen molar-refractivity contribution in [3.63, 3.8) is 0 Å². The van der Waals surface area contributed by atoms with Crippen LogP contribution in [0, 0.1) is 0 Å². The van der Waals surface area contributed by atoms with Gasteiger partial charge in [0.2, 0.25) is 0 Å². The van der Waals surface area contributed by atoms with E-state index in [2.05, 4.69) is 118 Å². The predicted octanol–water partition coefficient (Wildman–Crippen LogP) is 6.78. The summed E-state index contributed by atoms with van der Waals surface area (Å²) in [5, 5.41) is 0. The molecule has 0 radical (unpaired) electrons. The minimum Gasteiger partial charge on any atom is -0.497 e. The summed E-state index contributed by atoms with van der Waals surface area (Å²) in [5.74, 6) is 1.81. The molecule has 0 aromatic heterocycles. The lowest BCUT2D eigenvalue weighted by Gasteiger charge is -2.29. The maximum atomic E-state index is 5.46. The van der Waals surface area contributed by atoms with Gasteiger partial charge in [0.05, 0.1) is 20.3 Å². The van der Waals surface area contributed by atoms with Gasteiger partial charge in [0.1, 0.15) is 11.5 Å². The highest BCUT2D eigenvalue weighted by atomic mass is 16.5. The maximum absolute atomic E-state index is 5.46. The van der Waals surface area contributed by atoms with Crippen molar-refractivity contribution in [1.29, 1.82) is 0 Å². The first-order valence-electron chi connectivity index (χ1n) is 12.2. The Hall–Kier alpha value is -3.40. The third-order valence-electron chi connectivity index (χ3n) is 7.67. The van der Waals surface area contributed by atoms with Gasteiger partial charge in [-0.25, -0.2) is 0 Å². The topological polar surface area (TPSA) is 24.9 Å². The van der Waals surface area contributed by atoms with Crippen LogP contribution in [-0.2, 0) is 10.8 Å². The Morgan fingerprint density at radius 2 is 1.31 bits per heavy atom. The smallest absolute Gasteiger partial charge is 0.119 e. The highest BCUT2D eigenvalue weighted by molar-refractivity contribution is 5.71. The van der Waals surface area contributed by atoms with Crippen LogP contribution in [0.4, 0.5) is 11.4 Å². The standard InChI is InChI=1S/C31H38N2O2/c1-30(2)24-20-22(34-7)16-18-26(24)32(5)28(30)14-12-10-9-11-13-15-29-31(3,4)25-21-23(35-8)17-19-27(25)33(29)6/h9-21,28H,1-8H3/b10-9+,13-11+,14-12+,29-15+. The number of hydrogen-bond donors (Lipinski definition) is 0. The number of ether oxygens (including phenoxy) is 2. The zero-order chi connectivity index (χ0) is 25.4. The van der Waals surface area contributed by atoms with Crippen molar-refractivity contribution in [3.05, 3.63) is 95.8 Å². The van der Waals surface area contributed by atoms with Crippen LogP contribution >= 0.6 is 0 Å². The second kappa shape index (κ2) is 9.33. The average Bonchev–Trinajstić information content (AvgIpc) is 3.15. The number of anilines is 2. The van der Waals surface area contributed by atoms with Crippen molar-refractivity contribution in [2.45, 2.75) is 44.6 Å². The fraction of sp³-hybridized carbons (Fsp3) is 0.355. The Balaban J connectivity index is 1.44. The molecule has 4 heteroatoms. The van der Waals surface area contributed by atoms with E-state index >= 15 is 0 Å². The molecule has 1 unspecified atom stereocenters. The summed E-state index contributed by atoms with van der Waals surface area (Å²) >= 11 is 0. The van der Waals surface area contributed by atoms with Crippen LogP contribution in [0.3, 0.4) is 0 Å². The van der Waals surface area contributed by atoms with Crippen molar-refractivity contribution < 1.29 is 9.47 Å².